The number of methoxy groups -OCH3 is 2. The number of fused-ring (bicyclic) bond motifs is 1. The van der Waals surface area contributed by atoms with Gasteiger partial charge in [0.05, 0.1) is 28.0 Å². The Labute approximate surface area is 247 Å². The average molecular weight is 585 g/mol. The summed E-state index contributed by atoms with van der Waals surface area (Å²) in [6.45, 7) is 10.5. The van der Waals surface area contributed by atoms with E-state index in [0.717, 1.165) is 48.8 Å². The zero-order valence-corrected chi connectivity index (χ0v) is 25.9. The lowest BCUT2D eigenvalue weighted by atomic mass is 9.69. The van der Waals surface area contributed by atoms with Crippen LogP contribution in [-0.4, -0.2) is 77.5 Å². The molecule has 0 spiro atoms. The fourth-order valence-corrected chi connectivity index (χ4v) is 7.11. The smallest absolute Gasteiger partial charge is 0.256 e. The van der Waals surface area contributed by atoms with Crippen LogP contribution in [0.3, 0.4) is 0 Å². The van der Waals surface area contributed by atoms with Crippen LogP contribution < -0.4 is 0 Å². The topological polar surface area (TPSA) is 59.8 Å². The zero-order valence-electron chi connectivity index (χ0n) is 25.2. The third-order valence-corrected chi connectivity index (χ3v) is 9.55. The lowest BCUT2D eigenvalue weighted by molar-refractivity contribution is -0.281. The van der Waals surface area contributed by atoms with Crippen molar-refractivity contribution in [2.24, 2.45) is 17.8 Å². The van der Waals surface area contributed by atoms with Crippen LogP contribution >= 0.6 is 11.6 Å². The minimum Gasteiger partial charge on any atom is -0.353 e. The Morgan fingerprint density at radius 3 is 2.46 bits per heavy atom. The van der Waals surface area contributed by atoms with Gasteiger partial charge in [0, 0.05) is 77.1 Å². The van der Waals surface area contributed by atoms with Gasteiger partial charge >= 0.3 is 0 Å². The Morgan fingerprint density at radius 1 is 1.17 bits per heavy atom. The number of ether oxygens (including phenoxy) is 2. The third kappa shape index (κ3) is 5.52. The molecule has 222 valence electrons. The highest BCUT2D eigenvalue weighted by Crippen LogP contribution is 2.47. The number of carbonyl (C=O) groups excluding carboxylic acids is 1. The van der Waals surface area contributed by atoms with Crippen LogP contribution in [0.15, 0.2) is 36.8 Å². The summed E-state index contributed by atoms with van der Waals surface area (Å²) in [6, 6.07) is 4.84. The summed E-state index contributed by atoms with van der Waals surface area (Å²) in [6.07, 6.45) is 8.19. The highest BCUT2D eigenvalue weighted by Gasteiger charge is 2.51. The number of benzene rings is 1. The summed E-state index contributed by atoms with van der Waals surface area (Å²) in [5.41, 5.74) is 2.84. The maximum Gasteiger partial charge on any atom is 0.256 e. The molecule has 0 unspecified atom stereocenters. The van der Waals surface area contributed by atoms with Crippen LogP contribution in [0.1, 0.15) is 56.5 Å². The van der Waals surface area contributed by atoms with Crippen molar-refractivity contribution in [3.8, 4) is 5.69 Å². The molecule has 2 aliphatic rings. The van der Waals surface area contributed by atoms with E-state index in [1.807, 2.05) is 18.4 Å². The monoisotopic (exact) mass is 584 g/mol. The minimum absolute atomic E-state index is 0.0247. The number of halogens is 2. The second kappa shape index (κ2) is 11.6. The minimum atomic E-state index is -0.448. The Bertz CT molecular complexity index is 1410. The maximum atomic E-state index is 14.4. The van der Waals surface area contributed by atoms with Crippen molar-refractivity contribution in [1.29, 1.82) is 0 Å². The van der Waals surface area contributed by atoms with Crippen LogP contribution in [0.5, 0.6) is 0 Å². The molecule has 0 bridgehead atoms. The van der Waals surface area contributed by atoms with Crippen LogP contribution in [0.25, 0.3) is 16.6 Å². The number of nitrogens with zero attached hydrogens (tertiary/aromatic N) is 4. The second-order valence-corrected chi connectivity index (χ2v) is 12.9. The molecule has 3 heterocycles. The molecular formula is C32H42ClFN4O3. The van der Waals surface area contributed by atoms with Crippen molar-refractivity contribution in [2.45, 2.75) is 64.8 Å². The quantitative estimate of drug-likeness (QED) is 0.266. The molecule has 1 aliphatic carbocycles. The van der Waals surface area contributed by atoms with Gasteiger partial charge in [-0.05, 0) is 61.8 Å². The molecule has 7 nitrogen and oxygen atoms in total. The number of likely N-dealkylation sites (tertiary alicyclic amines) is 1. The van der Waals surface area contributed by atoms with Gasteiger partial charge in [0.25, 0.3) is 5.91 Å². The largest absolute Gasteiger partial charge is 0.353 e. The molecule has 2 aromatic heterocycles. The van der Waals surface area contributed by atoms with Crippen molar-refractivity contribution in [3.63, 3.8) is 0 Å². The Kier molecular flexibility index (Phi) is 8.50. The van der Waals surface area contributed by atoms with Gasteiger partial charge < -0.3 is 18.9 Å². The summed E-state index contributed by atoms with van der Waals surface area (Å²) < 4.78 is 27.6. The number of carbonyl (C=O) groups is 1. The van der Waals surface area contributed by atoms with E-state index in [4.69, 9.17) is 21.1 Å². The summed E-state index contributed by atoms with van der Waals surface area (Å²) in [5.74, 6) is 0.459. The summed E-state index contributed by atoms with van der Waals surface area (Å²) in [5, 5.41) is 1.51. The standard InChI is InChI=1S/C32H42ClFN4O3/c1-19(2)30(23-12-32(13-23,40-6)41-7)37-16-21(17-37)10-22-18-38(28-15-35-14-26(33)29(22)28)27-9-8-24(34)11-25(27)31(39)36(5)20(3)4/h8-9,11,14-15,18-21,23,30H,10,12-13,16-17H2,1-7H3/t30-/m1/s1. The van der Waals surface area contributed by atoms with Crippen LogP contribution in [-0.2, 0) is 15.9 Å². The maximum absolute atomic E-state index is 14.4. The van der Waals surface area contributed by atoms with Gasteiger partial charge in [-0.15, -0.1) is 0 Å². The van der Waals surface area contributed by atoms with Gasteiger partial charge in [0.2, 0.25) is 0 Å². The molecule has 2 fully saturated rings. The van der Waals surface area contributed by atoms with Crippen LogP contribution in [0.2, 0.25) is 5.02 Å². The molecule has 1 aromatic carbocycles. The number of rotatable bonds is 10. The fourth-order valence-electron chi connectivity index (χ4n) is 6.84. The lowest BCUT2D eigenvalue weighted by Gasteiger charge is -2.55. The highest BCUT2D eigenvalue weighted by molar-refractivity contribution is 6.35. The molecule has 3 aromatic rings. The Hall–Kier alpha value is -2.52. The SMILES string of the molecule is COC1(OC)CC([C@@H](C(C)C)N2CC(Cc3cn(-c4ccc(F)cc4C(=O)N(C)C(C)C)c4cncc(Cl)c34)C2)C1. The van der Waals surface area contributed by atoms with Crippen molar-refractivity contribution in [2.75, 3.05) is 34.4 Å². The molecule has 5 rings (SSSR count). The molecule has 1 amide bonds. The molecular weight excluding hydrogens is 543 g/mol. The lowest BCUT2D eigenvalue weighted by Crippen LogP contribution is -2.62. The first-order valence-electron chi connectivity index (χ1n) is 14.5. The summed E-state index contributed by atoms with van der Waals surface area (Å²) in [4.78, 5) is 21.9. The normalized spacial score (nSPS) is 18.6. The van der Waals surface area contributed by atoms with E-state index >= 15 is 0 Å². The average Bonchev–Trinajstić information content (AvgIpc) is 3.26. The second-order valence-electron chi connectivity index (χ2n) is 12.5. The Morgan fingerprint density at radius 2 is 1.85 bits per heavy atom. The van der Waals surface area contributed by atoms with Gasteiger partial charge in [-0.3, -0.25) is 14.7 Å². The van der Waals surface area contributed by atoms with Gasteiger partial charge in [-0.25, -0.2) is 4.39 Å². The van der Waals surface area contributed by atoms with E-state index in [9.17, 15) is 9.18 Å². The molecule has 1 saturated heterocycles. The number of hydrogen-bond donors (Lipinski definition) is 0. The zero-order chi connectivity index (χ0) is 29.6. The number of amides is 1. The predicted molar refractivity (Wildman–Crippen MR) is 160 cm³/mol. The molecule has 41 heavy (non-hydrogen) atoms. The van der Waals surface area contributed by atoms with E-state index in [-0.39, 0.29) is 11.9 Å². The van der Waals surface area contributed by atoms with Crippen molar-refractivity contribution in [3.05, 3.63) is 58.8 Å². The van der Waals surface area contributed by atoms with E-state index < -0.39 is 11.6 Å². The molecule has 0 radical (unpaired) electrons. The van der Waals surface area contributed by atoms with Gasteiger partial charge in [0.1, 0.15) is 5.82 Å². The van der Waals surface area contributed by atoms with E-state index in [1.165, 1.54) is 12.1 Å². The number of hydrogen-bond acceptors (Lipinski definition) is 5. The highest BCUT2D eigenvalue weighted by atomic mass is 35.5. The predicted octanol–water partition coefficient (Wildman–Crippen LogP) is 6.20. The molecule has 1 saturated carbocycles. The molecule has 1 aliphatic heterocycles. The van der Waals surface area contributed by atoms with Crippen molar-refractivity contribution in [1.82, 2.24) is 19.4 Å². The molecule has 0 N–H and O–H groups in total. The van der Waals surface area contributed by atoms with Gasteiger partial charge in [0.15, 0.2) is 5.79 Å². The van der Waals surface area contributed by atoms with E-state index in [2.05, 4.69) is 29.9 Å². The summed E-state index contributed by atoms with van der Waals surface area (Å²) in [7, 11) is 5.20. The van der Waals surface area contributed by atoms with Crippen LogP contribution in [0.4, 0.5) is 4.39 Å². The fraction of sp³-hybridized carbons (Fsp3) is 0.562. The first kappa shape index (κ1) is 30.0. The summed E-state index contributed by atoms with van der Waals surface area (Å²) >= 11 is 6.72. The van der Waals surface area contributed by atoms with E-state index in [1.54, 1.807) is 44.6 Å². The van der Waals surface area contributed by atoms with E-state index in [0.29, 0.717) is 40.1 Å². The van der Waals surface area contributed by atoms with Crippen molar-refractivity contribution < 1.29 is 18.7 Å². The first-order chi connectivity index (χ1) is 19.5. The molecule has 9 heteroatoms. The molecule has 1 atom stereocenters. The number of aromatic nitrogens is 2. The Balaban J connectivity index is 1.40. The van der Waals surface area contributed by atoms with Crippen molar-refractivity contribution >= 4 is 28.4 Å². The number of pyridine rings is 1. The first-order valence-corrected chi connectivity index (χ1v) is 14.9. The van der Waals surface area contributed by atoms with Gasteiger partial charge in [-0.2, -0.15) is 0 Å². The third-order valence-electron chi connectivity index (χ3n) is 9.26. The van der Waals surface area contributed by atoms with Gasteiger partial charge in [-0.1, -0.05) is 25.4 Å². The van der Waals surface area contributed by atoms with Crippen LogP contribution in [0, 0.1) is 23.6 Å².